The molecule has 1 saturated heterocycles. The van der Waals surface area contributed by atoms with Crippen LogP contribution in [0.25, 0.3) is 0 Å². The van der Waals surface area contributed by atoms with Gasteiger partial charge in [0.25, 0.3) is 0 Å². The van der Waals surface area contributed by atoms with Crippen LogP contribution in [0.4, 0.5) is 0 Å². The molecule has 0 N–H and O–H groups in total. The monoisotopic (exact) mass is 380 g/mol. The summed E-state index contributed by atoms with van der Waals surface area (Å²) in [6, 6.07) is 10.5. The summed E-state index contributed by atoms with van der Waals surface area (Å²) in [7, 11) is -3.34. The standard InChI is InChI=1S/C20H32N2O3S/c1-3-4-8-13-22(26(2,24)25)17-20(23)21-14-11-19(12-15-21)16-18-9-6-5-7-10-18/h5-7,9-10,19H,3-4,8,11-17H2,1-2H3. The first-order chi connectivity index (χ1) is 12.4. The Kier molecular flexibility index (Phi) is 8.10. The topological polar surface area (TPSA) is 57.7 Å². The summed E-state index contributed by atoms with van der Waals surface area (Å²) < 4.78 is 25.2. The van der Waals surface area contributed by atoms with Gasteiger partial charge in [0.05, 0.1) is 12.8 Å². The molecule has 5 nitrogen and oxygen atoms in total. The van der Waals surface area contributed by atoms with Crippen LogP contribution < -0.4 is 0 Å². The highest BCUT2D eigenvalue weighted by atomic mass is 32.2. The lowest BCUT2D eigenvalue weighted by Crippen LogP contribution is -2.46. The highest BCUT2D eigenvalue weighted by molar-refractivity contribution is 7.88. The number of piperidine rings is 1. The number of rotatable bonds is 9. The molecule has 26 heavy (non-hydrogen) atoms. The Labute approximate surface area is 158 Å². The minimum atomic E-state index is -3.34. The molecule has 0 bridgehead atoms. The predicted octanol–water partition coefficient (Wildman–Crippen LogP) is 2.92. The highest BCUT2D eigenvalue weighted by Crippen LogP contribution is 2.22. The Balaban J connectivity index is 1.82. The summed E-state index contributed by atoms with van der Waals surface area (Å²) in [5.74, 6) is 0.530. The molecule has 6 heteroatoms. The van der Waals surface area contributed by atoms with Crippen LogP contribution in [-0.4, -0.2) is 56.0 Å². The second kappa shape index (κ2) is 10.1. The van der Waals surface area contributed by atoms with E-state index >= 15 is 0 Å². The minimum Gasteiger partial charge on any atom is -0.342 e. The van der Waals surface area contributed by atoms with Crippen LogP contribution in [0.15, 0.2) is 30.3 Å². The van der Waals surface area contributed by atoms with Crippen molar-refractivity contribution < 1.29 is 13.2 Å². The number of carbonyl (C=O) groups is 1. The van der Waals surface area contributed by atoms with Crippen LogP contribution in [0.3, 0.4) is 0 Å². The quantitative estimate of drug-likeness (QED) is 0.619. The van der Waals surface area contributed by atoms with Gasteiger partial charge in [-0.05, 0) is 37.2 Å². The first-order valence-corrected chi connectivity index (χ1v) is 11.5. The Bertz CT molecular complexity index is 653. The van der Waals surface area contributed by atoms with Gasteiger partial charge in [-0.15, -0.1) is 0 Å². The van der Waals surface area contributed by atoms with Crippen molar-refractivity contribution in [2.24, 2.45) is 5.92 Å². The number of hydrogen-bond donors (Lipinski definition) is 0. The predicted molar refractivity (Wildman–Crippen MR) is 105 cm³/mol. The fourth-order valence-electron chi connectivity index (χ4n) is 3.49. The molecule has 0 aromatic heterocycles. The summed E-state index contributed by atoms with van der Waals surface area (Å²) in [4.78, 5) is 14.4. The van der Waals surface area contributed by atoms with Gasteiger partial charge in [0, 0.05) is 19.6 Å². The SMILES string of the molecule is CCCCCN(CC(=O)N1CCC(Cc2ccccc2)CC1)S(C)(=O)=O. The molecule has 0 atom stereocenters. The molecule has 1 heterocycles. The fourth-order valence-corrected chi connectivity index (χ4v) is 4.29. The Morgan fingerprint density at radius 2 is 1.81 bits per heavy atom. The maximum absolute atomic E-state index is 12.6. The Hall–Kier alpha value is -1.40. The Morgan fingerprint density at radius 1 is 1.15 bits per heavy atom. The van der Waals surface area contributed by atoms with Crippen LogP contribution in [-0.2, 0) is 21.2 Å². The number of amides is 1. The van der Waals surface area contributed by atoms with Crippen molar-refractivity contribution in [3.63, 3.8) is 0 Å². The van der Waals surface area contributed by atoms with E-state index in [2.05, 4.69) is 31.2 Å². The molecule has 0 aliphatic carbocycles. The number of carbonyl (C=O) groups excluding carboxylic acids is 1. The highest BCUT2D eigenvalue weighted by Gasteiger charge is 2.26. The summed E-state index contributed by atoms with van der Waals surface area (Å²) >= 11 is 0. The molecule has 146 valence electrons. The Morgan fingerprint density at radius 3 is 2.38 bits per heavy atom. The van der Waals surface area contributed by atoms with Crippen molar-refractivity contribution in [3.05, 3.63) is 35.9 Å². The van der Waals surface area contributed by atoms with Crippen LogP contribution in [0.1, 0.15) is 44.6 Å². The molecule has 0 radical (unpaired) electrons. The van der Waals surface area contributed by atoms with Crippen molar-refractivity contribution in [1.29, 1.82) is 0 Å². The molecule has 1 fully saturated rings. The molecule has 1 aliphatic rings. The number of nitrogens with zero attached hydrogens (tertiary/aromatic N) is 2. The largest absolute Gasteiger partial charge is 0.342 e. The van der Waals surface area contributed by atoms with Crippen molar-refractivity contribution in [2.45, 2.75) is 45.4 Å². The van der Waals surface area contributed by atoms with Gasteiger partial charge in [-0.3, -0.25) is 4.79 Å². The van der Waals surface area contributed by atoms with Crippen molar-refractivity contribution in [3.8, 4) is 0 Å². The maximum atomic E-state index is 12.6. The van der Waals surface area contributed by atoms with Gasteiger partial charge in [0.2, 0.25) is 15.9 Å². The molecule has 0 unspecified atom stereocenters. The summed E-state index contributed by atoms with van der Waals surface area (Å²) in [6.45, 7) is 3.94. The molecule has 1 aliphatic heterocycles. The molecule has 1 aromatic rings. The van der Waals surface area contributed by atoms with Gasteiger partial charge in [0.15, 0.2) is 0 Å². The maximum Gasteiger partial charge on any atom is 0.237 e. The first kappa shape index (κ1) is 20.9. The number of unbranched alkanes of at least 4 members (excludes halogenated alkanes) is 2. The van der Waals surface area contributed by atoms with Gasteiger partial charge in [-0.25, -0.2) is 8.42 Å². The lowest BCUT2D eigenvalue weighted by molar-refractivity contribution is -0.132. The molecule has 2 rings (SSSR count). The van der Waals surface area contributed by atoms with E-state index in [4.69, 9.17) is 0 Å². The average molecular weight is 381 g/mol. The number of sulfonamides is 1. The van der Waals surface area contributed by atoms with Gasteiger partial charge >= 0.3 is 0 Å². The molecule has 1 aromatic carbocycles. The second-order valence-electron chi connectivity index (χ2n) is 7.32. The van der Waals surface area contributed by atoms with Gasteiger partial charge < -0.3 is 4.90 Å². The van der Waals surface area contributed by atoms with Crippen LogP contribution >= 0.6 is 0 Å². The van der Waals surface area contributed by atoms with Gasteiger partial charge in [-0.1, -0.05) is 50.1 Å². The fraction of sp³-hybridized carbons (Fsp3) is 0.650. The normalized spacial score (nSPS) is 16.2. The summed E-state index contributed by atoms with van der Waals surface area (Å²) in [6.07, 6.45) is 7.01. The molecular formula is C20H32N2O3S. The zero-order chi connectivity index (χ0) is 19.0. The number of hydrogen-bond acceptors (Lipinski definition) is 3. The van der Waals surface area contributed by atoms with E-state index in [1.807, 2.05) is 11.0 Å². The van der Waals surface area contributed by atoms with Gasteiger partial charge in [-0.2, -0.15) is 4.31 Å². The van der Waals surface area contributed by atoms with E-state index in [1.54, 1.807) is 0 Å². The third kappa shape index (κ3) is 6.72. The van der Waals surface area contributed by atoms with Gasteiger partial charge in [0.1, 0.15) is 0 Å². The number of likely N-dealkylation sites (tertiary alicyclic amines) is 1. The van der Waals surface area contributed by atoms with Crippen LogP contribution in [0.2, 0.25) is 0 Å². The minimum absolute atomic E-state index is 0.0219. The molecule has 0 spiro atoms. The molecule has 0 saturated carbocycles. The van der Waals surface area contributed by atoms with E-state index in [0.717, 1.165) is 51.6 Å². The van der Waals surface area contributed by atoms with E-state index < -0.39 is 10.0 Å². The lowest BCUT2D eigenvalue weighted by atomic mass is 9.90. The molecular weight excluding hydrogens is 348 g/mol. The van der Waals surface area contributed by atoms with Crippen molar-refractivity contribution in [2.75, 3.05) is 32.4 Å². The smallest absolute Gasteiger partial charge is 0.237 e. The lowest BCUT2D eigenvalue weighted by Gasteiger charge is -2.33. The third-order valence-corrected chi connectivity index (χ3v) is 6.38. The van der Waals surface area contributed by atoms with Crippen LogP contribution in [0.5, 0.6) is 0 Å². The zero-order valence-corrected chi connectivity index (χ0v) is 16.9. The zero-order valence-electron chi connectivity index (χ0n) is 16.1. The first-order valence-electron chi connectivity index (χ1n) is 9.67. The summed E-state index contributed by atoms with van der Waals surface area (Å²) in [5, 5.41) is 0. The van der Waals surface area contributed by atoms with Crippen LogP contribution in [0, 0.1) is 5.92 Å². The summed E-state index contributed by atoms with van der Waals surface area (Å²) in [5.41, 5.74) is 1.34. The number of benzene rings is 1. The molecule has 1 amide bonds. The van der Waals surface area contributed by atoms with E-state index in [9.17, 15) is 13.2 Å². The third-order valence-electron chi connectivity index (χ3n) is 5.13. The van der Waals surface area contributed by atoms with Crippen molar-refractivity contribution in [1.82, 2.24) is 9.21 Å². The van der Waals surface area contributed by atoms with E-state index in [0.29, 0.717) is 12.5 Å². The van der Waals surface area contributed by atoms with Crippen molar-refractivity contribution >= 4 is 15.9 Å². The van der Waals surface area contributed by atoms with E-state index in [1.165, 1.54) is 16.1 Å². The van der Waals surface area contributed by atoms with E-state index in [-0.39, 0.29) is 12.5 Å². The second-order valence-corrected chi connectivity index (χ2v) is 9.30. The average Bonchev–Trinajstić information content (AvgIpc) is 2.61.